The van der Waals surface area contributed by atoms with E-state index in [1.807, 2.05) is 13.0 Å². The van der Waals surface area contributed by atoms with Gasteiger partial charge in [-0.2, -0.15) is 0 Å². The average molecular weight is 407 g/mol. The lowest BCUT2D eigenvalue weighted by molar-refractivity contribution is -0.123. The molecule has 1 amide bonds. The number of nitrogens with one attached hydrogen (secondary N) is 1. The molecule has 1 atom stereocenters. The summed E-state index contributed by atoms with van der Waals surface area (Å²) >= 11 is 0. The van der Waals surface area contributed by atoms with Crippen LogP contribution in [-0.4, -0.2) is 25.6 Å². The van der Waals surface area contributed by atoms with Crippen molar-refractivity contribution in [1.29, 1.82) is 0 Å². The number of carbonyl (C=O) groups excluding carboxylic acids is 1. The molecule has 4 nitrogen and oxygen atoms in total. The highest BCUT2D eigenvalue weighted by Gasteiger charge is 2.17. The Balaban J connectivity index is 1.27. The molecule has 0 spiro atoms. The van der Waals surface area contributed by atoms with E-state index in [1.54, 1.807) is 0 Å². The zero-order valence-corrected chi connectivity index (χ0v) is 18.3. The number of rotatable bonds is 6. The maximum absolute atomic E-state index is 12.4. The number of ether oxygens (including phenoxy) is 1. The van der Waals surface area contributed by atoms with E-state index in [0.29, 0.717) is 0 Å². The number of fused-ring (bicyclic) bond motifs is 1. The van der Waals surface area contributed by atoms with Gasteiger partial charge in [-0.05, 0) is 92.3 Å². The number of amides is 1. The number of piperidine rings is 1. The topological polar surface area (TPSA) is 41.6 Å². The van der Waals surface area contributed by atoms with Crippen molar-refractivity contribution in [3.8, 4) is 5.75 Å². The molecule has 1 aliphatic heterocycles. The van der Waals surface area contributed by atoms with Crippen LogP contribution in [0.25, 0.3) is 0 Å². The molecule has 1 N–H and O–H groups in total. The third-order valence-corrected chi connectivity index (χ3v) is 6.61. The van der Waals surface area contributed by atoms with Crippen LogP contribution in [-0.2, 0) is 17.6 Å². The number of aryl methyl sites for hydroxylation is 2. The molecule has 160 valence electrons. The SMILES string of the molecule is CC1CCN(c2ccc([C@@H](C)NC(=O)COc3ccc4c(c3)CCCC4)cc2)CC1. The Morgan fingerprint density at radius 3 is 2.50 bits per heavy atom. The van der Waals surface area contributed by atoms with Crippen LogP contribution >= 0.6 is 0 Å². The molecule has 0 unspecified atom stereocenters. The molecule has 2 aromatic carbocycles. The second kappa shape index (κ2) is 9.55. The number of hydrogen-bond donors (Lipinski definition) is 1. The number of anilines is 1. The lowest BCUT2D eigenvalue weighted by Crippen LogP contribution is -2.33. The first kappa shape index (κ1) is 20.8. The molecular weight excluding hydrogens is 372 g/mol. The Labute approximate surface area is 180 Å². The third kappa shape index (κ3) is 5.16. The monoisotopic (exact) mass is 406 g/mol. The predicted molar refractivity (Wildman–Crippen MR) is 122 cm³/mol. The van der Waals surface area contributed by atoms with Gasteiger partial charge in [-0.1, -0.05) is 25.1 Å². The number of carbonyl (C=O) groups is 1. The van der Waals surface area contributed by atoms with E-state index < -0.39 is 0 Å². The highest BCUT2D eigenvalue weighted by atomic mass is 16.5. The van der Waals surface area contributed by atoms with Crippen molar-refractivity contribution in [2.45, 2.75) is 58.4 Å². The predicted octanol–water partition coefficient (Wildman–Crippen LogP) is 5.06. The van der Waals surface area contributed by atoms with Crippen molar-refractivity contribution in [2.24, 2.45) is 5.92 Å². The highest BCUT2D eigenvalue weighted by Crippen LogP contribution is 2.26. The van der Waals surface area contributed by atoms with Crippen molar-refractivity contribution in [2.75, 3.05) is 24.6 Å². The van der Waals surface area contributed by atoms with E-state index in [9.17, 15) is 4.79 Å². The van der Waals surface area contributed by atoms with Gasteiger partial charge in [0.2, 0.25) is 0 Å². The molecule has 2 aliphatic rings. The van der Waals surface area contributed by atoms with Crippen LogP contribution in [0.1, 0.15) is 62.3 Å². The Hall–Kier alpha value is -2.49. The largest absolute Gasteiger partial charge is 0.484 e. The molecule has 1 saturated heterocycles. The van der Waals surface area contributed by atoms with E-state index in [1.165, 1.54) is 42.5 Å². The molecule has 0 saturated carbocycles. The van der Waals surface area contributed by atoms with Crippen LogP contribution in [0.2, 0.25) is 0 Å². The minimum Gasteiger partial charge on any atom is -0.484 e. The standard InChI is InChI=1S/C26H34N2O2/c1-19-13-15-28(16-14-19)24-10-7-21(8-11-24)20(2)27-26(29)18-30-25-12-9-22-5-3-4-6-23(22)17-25/h7-12,17,19-20H,3-6,13-16,18H2,1-2H3,(H,27,29)/t20-/m1/s1. The molecule has 1 heterocycles. The summed E-state index contributed by atoms with van der Waals surface area (Å²) in [7, 11) is 0. The van der Waals surface area contributed by atoms with Gasteiger partial charge >= 0.3 is 0 Å². The molecule has 4 rings (SSSR count). The number of nitrogens with zero attached hydrogens (tertiary/aromatic N) is 1. The van der Waals surface area contributed by atoms with Gasteiger partial charge in [0.25, 0.3) is 5.91 Å². The van der Waals surface area contributed by atoms with Crippen molar-refractivity contribution in [3.63, 3.8) is 0 Å². The fourth-order valence-corrected chi connectivity index (χ4v) is 4.56. The van der Waals surface area contributed by atoms with Gasteiger partial charge in [0.1, 0.15) is 5.75 Å². The summed E-state index contributed by atoms with van der Waals surface area (Å²) in [6.07, 6.45) is 7.30. The van der Waals surface area contributed by atoms with E-state index in [4.69, 9.17) is 4.74 Å². The molecule has 0 radical (unpaired) electrons. The van der Waals surface area contributed by atoms with Gasteiger partial charge in [-0.25, -0.2) is 0 Å². The van der Waals surface area contributed by atoms with Gasteiger partial charge in [-0.15, -0.1) is 0 Å². The van der Waals surface area contributed by atoms with Crippen LogP contribution in [0.15, 0.2) is 42.5 Å². The maximum Gasteiger partial charge on any atom is 0.258 e. The van der Waals surface area contributed by atoms with Crippen molar-refractivity contribution in [3.05, 3.63) is 59.2 Å². The lowest BCUT2D eigenvalue weighted by Gasteiger charge is -2.32. The first-order valence-corrected chi connectivity index (χ1v) is 11.5. The van der Waals surface area contributed by atoms with Gasteiger partial charge in [-0.3, -0.25) is 4.79 Å². The zero-order valence-electron chi connectivity index (χ0n) is 18.3. The van der Waals surface area contributed by atoms with Gasteiger partial charge in [0, 0.05) is 18.8 Å². The van der Waals surface area contributed by atoms with Crippen molar-refractivity contribution < 1.29 is 9.53 Å². The summed E-state index contributed by atoms with van der Waals surface area (Å²) < 4.78 is 5.76. The minimum atomic E-state index is -0.0886. The Kier molecular flexibility index (Phi) is 6.61. The Morgan fingerprint density at radius 1 is 1.07 bits per heavy atom. The minimum absolute atomic E-state index is 0.0416. The normalized spacial score (nSPS) is 17.9. The van der Waals surface area contributed by atoms with Crippen LogP contribution in [0.5, 0.6) is 5.75 Å². The summed E-state index contributed by atoms with van der Waals surface area (Å²) in [4.78, 5) is 14.8. The molecule has 0 aromatic heterocycles. The summed E-state index contributed by atoms with van der Waals surface area (Å²) in [5.41, 5.74) is 5.19. The first-order chi connectivity index (χ1) is 14.6. The second-order valence-corrected chi connectivity index (χ2v) is 8.98. The molecule has 0 bridgehead atoms. The van der Waals surface area contributed by atoms with Crippen LogP contribution in [0.3, 0.4) is 0 Å². The van der Waals surface area contributed by atoms with Crippen LogP contribution < -0.4 is 15.0 Å². The van der Waals surface area contributed by atoms with Crippen LogP contribution in [0, 0.1) is 5.92 Å². The summed E-state index contributed by atoms with van der Waals surface area (Å²) in [6, 6.07) is 14.8. The van der Waals surface area contributed by atoms with E-state index in [0.717, 1.165) is 43.2 Å². The van der Waals surface area contributed by atoms with E-state index in [-0.39, 0.29) is 18.6 Å². The fourth-order valence-electron chi connectivity index (χ4n) is 4.56. The highest BCUT2D eigenvalue weighted by molar-refractivity contribution is 5.78. The number of benzene rings is 2. The van der Waals surface area contributed by atoms with E-state index >= 15 is 0 Å². The molecule has 30 heavy (non-hydrogen) atoms. The van der Waals surface area contributed by atoms with Gasteiger partial charge in [0.05, 0.1) is 6.04 Å². The fraction of sp³-hybridized carbons (Fsp3) is 0.500. The zero-order chi connectivity index (χ0) is 20.9. The molecule has 1 aliphatic carbocycles. The summed E-state index contributed by atoms with van der Waals surface area (Å²) in [5.74, 6) is 1.53. The Morgan fingerprint density at radius 2 is 1.77 bits per heavy atom. The lowest BCUT2D eigenvalue weighted by atomic mass is 9.92. The smallest absolute Gasteiger partial charge is 0.258 e. The van der Waals surface area contributed by atoms with Crippen molar-refractivity contribution in [1.82, 2.24) is 5.32 Å². The molecule has 1 fully saturated rings. The first-order valence-electron chi connectivity index (χ1n) is 11.5. The quantitative estimate of drug-likeness (QED) is 0.729. The summed E-state index contributed by atoms with van der Waals surface area (Å²) in [6.45, 7) is 6.67. The number of hydrogen-bond acceptors (Lipinski definition) is 3. The third-order valence-electron chi connectivity index (χ3n) is 6.61. The average Bonchev–Trinajstić information content (AvgIpc) is 2.78. The van der Waals surface area contributed by atoms with Gasteiger partial charge < -0.3 is 15.0 Å². The molecule has 4 heteroatoms. The second-order valence-electron chi connectivity index (χ2n) is 8.98. The maximum atomic E-state index is 12.4. The van der Waals surface area contributed by atoms with Gasteiger partial charge in [0.15, 0.2) is 6.61 Å². The molecule has 2 aromatic rings. The van der Waals surface area contributed by atoms with Crippen LogP contribution in [0.4, 0.5) is 5.69 Å². The van der Waals surface area contributed by atoms with E-state index in [2.05, 4.69) is 53.5 Å². The Bertz CT molecular complexity index is 854. The van der Waals surface area contributed by atoms with Crippen molar-refractivity contribution >= 4 is 11.6 Å². The summed E-state index contributed by atoms with van der Waals surface area (Å²) in [5, 5.41) is 3.06. The molecular formula is C26H34N2O2.